The molecule has 82 valence electrons. The van der Waals surface area contributed by atoms with Crippen molar-refractivity contribution in [1.29, 1.82) is 0 Å². The van der Waals surface area contributed by atoms with Crippen LogP contribution in [0.5, 0.6) is 0 Å². The van der Waals surface area contributed by atoms with Gasteiger partial charge in [0.15, 0.2) is 0 Å². The van der Waals surface area contributed by atoms with E-state index in [1.807, 2.05) is 0 Å². The van der Waals surface area contributed by atoms with E-state index in [-0.39, 0.29) is 26.6 Å². The molecule has 0 spiro atoms. The highest BCUT2D eigenvalue weighted by atomic mass is 79.9. The number of nitrogens with zero attached hydrogens (tertiary/aromatic N) is 1. The molecule has 0 saturated carbocycles. The summed E-state index contributed by atoms with van der Waals surface area (Å²) in [5.41, 5.74) is -0.559. The Morgan fingerprint density at radius 2 is 2.20 bits per heavy atom. The molecule has 7 heteroatoms. The first-order valence-electron chi connectivity index (χ1n) is 3.73. The van der Waals surface area contributed by atoms with Crippen molar-refractivity contribution in [3.05, 3.63) is 27.5 Å². The van der Waals surface area contributed by atoms with Gasteiger partial charge in [-0.15, -0.1) is 0 Å². The van der Waals surface area contributed by atoms with E-state index < -0.39 is 12.4 Å². The lowest BCUT2D eigenvalue weighted by Crippen LogP contribution is -2.08. The Labute approximate surface area is 101 Å². The number of carbonyl (C=O) groups is 1. The molecule has 0 aliphatic carbocycles. The number of halogens is 4. The number of alkyl halides is 3. The fourth-order valence-corrected chi connectivity index (χ4v) is 2.20. The number of carboxylic acid groups (broad SMARTS) is 1. The fourth-order valence-electron chi connectivity index (χ4n) is 1.09. The lowest BCUT2D eigenvalue weighted by molar-refractivity contribution is 0.0693. The third-order valence-electron chi connectivity index (χ3n) is 1.76. The van der Waals surface area contributed by atoms with E-state index in [4.69, 9.17) is 5.11 Å². The molecule has 1 rings (SSSR count). The van der Waals surface area contributed by atoms with Crippen molar-refractivity contribution >= 4 is 37.8 Å². The van der Waals surface area contributed by atoms with Crippen molar-refractivity contribution < 1.29 is 18.7 Å². The molecule has 0 bridgehead atoms. The largest absolute Gasteiger partial charge is 0.478 e. The Bertz CT molecular complexity index is 398. The van der Waals surface area contributed by atoms with Gasteiger partial charge in [-0.3, -0.25) is 0 Å². The number of rotatable bonds is 3. The number of carboxylic acids is 1. The van der Waals surface area contributed by atoms with Crippen LogP contribution in [0.2, 0.25) is 0 Å². The van der Waals surface area contributed by atoms with Crippen molar-refractivity contribution in [3.8, 4) is 0 Å². The summed E-state index contributed by atoms with van der Waals surface area (Å²) >= 11 is 5.90. The first kappa shape index (κ1) is 12.5. The first-order chi connectivity index (χ1) is 6.99. The predicted molar refractivity (Wildman–Crippen MR) is 56.5 cm³/mol. The molecule has 15 heavy (non-hydrogen) atoms. The summed E-state index contributed by atoms with van der Waals surface area (Å²) in [6.07, 6.45) is -1.77. The molecule has 0 amide bonds. The summed E-state index contributed by atoms with van der Waals surface area (Å²) in [5, 5.41) is 8.89. The maximum absolute atomic E-state index is 12.5. The summed E-state index contributed by atoms with van der Waals surface area (Å²) < 4.78 is 25.1. The van der Waals surface area contributed by atoms with E-state index in [9.17, 15) is 13.6 Å². The van der Waals surface area contributed by atoms with Crippen molar-refractivity contribution in [2.45, 2.75) is 11.8 Å². The molecule has 0 radical (unpaired) electrons. The summed E-state index contributed by atoms with van der Waals surface area (Å²) in [4.78, 5) is 14.4. The van der Waals surface area contributed by atoms with Crippen LogP contribution >= 0.6 is 31.9 Å². The van der Waals surface area contributed by atoms with Crippen molar-refractivity contribution in [2.75, 3.05) is 0 Å². The molecule has 0 saturated heterocycles. The number of aromatic nitrogens is 1. The standard InChI is InChI=1S/C8H5Br2F2NO2/c9-1-3-4(7(11)12)2-13-6(10)5(3)8(14)15/h2,7H,1H2,(H,14,15). The summed E-state index contributed by atoms with van der Waals surface area (Å²) in [5.74, 6) is -1.29. The lowest BCUT2D eigenvalue weighted by Gasteiger charge is -2.10. The van der Waals surface area contributed by atoms with Crippen LogP contribution in [0.25, 0.3) is 0 Å². The van der Waals surface area contributed by atoms with Crippen LogP contribution in [-0.4, -0.2) is 16.1 Å². The molecular formula is C8H5Br2F2NO2. The number of hydrogen-bond donors (Lipinski definition) is 1. The number of hydrogen-bond acceptors (Lipinski definition) is 2. The van der Waals surface area contributed by atoms with Crippen LogP contribution in [0.1, 0.15) is 27.9 Å². The monoisotopic (exact) mass is 343 g/mol. The average Bonchev–Trinajstić information content (AvgIpc) is 2.15. The average molecular weight is 345 g/mol. The third-order valence-corrected chi connectivity index (χ3v) is 2.92. The van der Waals surface area contributed by atoms with Crippen LogP contribution < -0.4 is 0 Å². The molecule has 0 atom stereocenters. The summed E-state index contributed by atoms with van der Waals surface area (Å²) in [6.45, 7) is 0. The first-order valence-corrected chi connectivity index (χ1v) is 5.65. The highest BCUT2D eigenvalue weighted by molar-refractivity contribution is 9.10. The van der Waals surface area contributed by atoms with E-state index in [1.165, 1.54) is 0 Å². The smallest absolute Gasteiger partial charge is 0.338 e. The number of pyridine rings is 1. The van der Waals surface area contributed by atoms with Gasteiger partial charge in [-0.2, -0.15) is 0 Å². The van der Waals surface area contributed by atoms with Crippen LogP contribution in [0.3, 0.4) is 0 Å². The molecule has 3 nitrogen and oxygen atoms in total. The molecule has 1 heterocycles. The Morgan fingerprint density at radius 1 is 1.60 bits per heavy atom. The van der Waals surface area contributed by atoms with Crippen molar-refractivity contribution in [2.24, 2.45) is 0 Å². The SMILES string of the molecule is O=C(O)c1c(Br)ncc(C(F)F)c1CBr. The van der Waals surface area contributed by atoms with Gasteiger partial charge in [-0.05, 0) is 21.5 Å². The number of aromatic carboxylic acids is 1. The topological polar surface area (TPSA) is 50.2 Å². The fraction of sp³-hybridized carbons (Fsp3) is 0.250. The Hall–Kier alpha value is -0.560. The summed E-state index contributed by atoms with van der Waals surface area (Å²) in [7, 11) is 0. The van der Waals surface area contributed by atoms with E-state index >= 15 is 0 Å². The van der Waals surface area contributed by atoms with E-state index in [1.54, 1.807) is 0 Å². The van der Waals surface area contributed by atoms with Gasteiger partial charge >= 0.3 is 5.97 Å². The van der Waals surface area contributed by atoms with Gasteiger partial charge in [0.2, 0.25) is 0 Å². The van der Waals surface area contributed by atoms with Gasteiger partial charge in [-0.1, -0.05) is 15.9 Å². The van der Waals surface area contributed by atoms with Gasteiger partial charge in [0.1, 0.15) is 4.60 Å². The quantitative estimate of drug-likeness (QED) is 0.675. The maximum atomic E-state index is 12.5. The van der Waals surface area contributed by atoms with E-state index in [0.29, 0.717) is 0 Å². The minimum absolute atomic E-state index is 0.0371. The Morgan fingerprint density at radius 3 is 2.60 bits per heavy atom. The zero-order valence-corrected chi connectivity index (χ0v) is 10.3. The van der Waals surface area contributed by atoms with Gasteiger partial charge < -0.3 is 5.11 Å². The Kier molecular flexibility index (Phi) is 4.15. The zero-order chi connectivity index (χ0) is 11.6. The molecule has 0 fully saturated rings. The normalized spacial score (nSPS) is 10.7. The second-order valence-corrected chi connectivity index (χ2v) is 3.91. The highest BCUT2D eigenvalue weighted by Gasteiger charge is 2.22. The predicted octanol–water partition coefficient (Wildman–Crippen LogP) is 3.37. The van der Waals surface area contributed by atoms with Crippen LogP contribution in [0.4, 0.5) is 8.78 Å². The van der Waals surface area contributed by atoms with Crippen molar-refractivity contribution in [3.63, 3.8) is 0 Å². The van der Waals surface area contributed by atoms with Gasteiger partial charge in [-0.25, -0.2) is 18.6 Å². The molecule has 0 aliphatic rings. The Balaban J connectivity index is 3.47. The van der Waals surface area contributed by atoms with Gasteiger partial charge in [0, 0.05) is 17.1 Å². The van der Waals surface area contributed by atoms with E-state index in [0.717, 1.165) is 6.20 Å². The molecule has 1 aromatic heterocycles. The zero-order valence-electron chi connectivity index (χ0n) is 7.18. The van der Waals surface area contributed by atoms with Crippen LogP contribution in [0, 0.1) is 0 Å². The van der Waals surface area contributed by atoms with Crippen molar-refractivity contribution in [1.82, 2.24) is 4.98 Å². The molecular weight excluding hydrogens is 340 g/mol. The summed E-state index contributed by atoms with van der Waals surface area (Å²) in [6, 6.07) is 0. The lowest BCUT2D eigenvalue weighted by atomic mass is 10.1. The molecule has 1 aromatic rings. The second-order valence-electron chi connectivity index (χ2n) is 2.60. The highest BCUT2D eigenvalue weighted by Crippen LogP contribution is 2.30. The maximum Gasteiger partial charge on any atom is 0.338 e. The van der Waals surface area contributed by atoms with Crippen LogP contribution in [0.15, 0.2) is 10.8 Å². The van der Waals surface area contributed by atoms with Gasteiger partial charge in [0.25, 0.3) is 6.43 Å². The molecule has 0 unspecified atom stereocenters. The van der Waals surface area contributed by atoms with Crippen LogP contribution in [-0.2, 0) is 5.33 Å². The third kappa shape index (κ3) is 2.52. The minimum atomic E-state index is -2.74. The van der Waals surface area contributed by atoms with Gasteiger partial charge in [0.05, 0.1) is 5.56 Å². The molecule has 0 aliphatic heterocycles. The minimum Gasteiger partial charge on any atom is -0.478 e. The second kappa shape index (κ2) is 4.98. The van der Waals surface area contributed by atoms with E-state index in [2.05, 4.69) is 36.8 Å². The molecule has 0 aromatic carbocycles. The molecule has 1 N–H and O–H groups in total.